The number of nitrogens with zero attached hydrogens (tertiary/aromatic N) is 6. The third kappa shape index (κ3) is 5.45. The summed E-state index contributed by atoms with van der Waals surface area (Å²) >= 11 is 0. The van der Waals surface area contributed by atoms with Crippen LogP contribution in [0.15, 0.2) is 52.3 Å². The molecule has 4 aromatic rings. The Morgan fingerprint density at radius 3 is 2.54 bits per heavy atom. The Morgan fingerprint density at radius 1 is 1.05 bits per heavy atom. The zero-order valence-electron chi connectivity index (χ0n) is 22.4. The lowest BCUT2D eigenvalue weighted by atomic mass is 10.1. The van der Waals surface area contributed by atoms with Gasteiger partial charge in [0.1, 0.15) is 17.1 Å². The van der Waals surface area contributed by atoms with E-state index in [4.69, 9.17) is 9.72 Å². The second-order valence-electron chi connectivity index (χ2n) is 9.60. The number of pyridine rings is 1. The minimum absolute atomic E-state index is 0.134. The summed E-state index contributed by atoms with van der Waals surface area (Å²) < 4.78 is 36.2. The van der Waals surface area contributed by atoms with Crippen LogP contribution < -0.4 is 10.3 Å². The maximum Gasteiger partial charge on any atom is 0.279 e. The molecule has 0 atom stereocenters. The van der Waals surface area contributed by atoms with Gasteiger partial charge >= 0.3 is 0 Å². The maximum absolute atomic E-state index is 13.5. The van der Waals surface area contributed by atoms with Crippen molar-refractivity contribution in [2.75, 3.05) is 39.8 Å². The van der Waals surface area contributed by atoms with Gasteiger partial charge < -0.3 is 14.6 Å². The van der Waals surface area contributed by atoms with E-state index in [-0.39, 0.29) is 16.2 Å². The Kier molecular flexibility index (Phi) is 7.78. The Hall–Kier alpha value is -3.61. The lowest BCUT2D eigenvalue weighted by Gasteiger charge is -2.31. The van der Waals surface area contributed by atoms with E-state index >= 15 is 0 Å². The number of H-pyrrole nitrogens is 1. The Morgan fingerprint density at radius 2 is 1.85 bits per heavy atom. The number of fused-ring (bicyclic) bond motifs is 1. The highest BCUT2D eigenvalue weighted by Crippen LogP contribution is 2.32. The first-order valence-corrected chi connectivity index (χ1v) is 14.6. The zero-order valence-corrected chi connectivity index (χ0v) is 23.2. The Bertz CT molecular complexity index is 1630. The first-order chi connectivity index (χ1) is 18.8. The first kappa shape index (κ1) is 27.0. The van der Waals surface area contributed by atoms with Crippen LogP contribution >= 0.6 is 0 Å². The van der Waals surface area contributed by atoms with Gasteiger partial charge in [-0.25, -0.2) is 13.4 Å². The summed E-state index contributed by atoms with van der Waals surface area (Å²) in [5, 5.41) is 4.54. The number of likely N-dealkylation sites (N-methyl/N-ethyl adjacent to an activating group) is 1. The highest BCUT2D eigenvalue weighted by molar-refractivity contribution is 7.89. The van der Waals surface area contributed by atoms with Crippen molar-refractivity contribution < 1.29 is 13.2 Å². The van der Waals surface area contributed by atoms with Crippen molar-refractivity contribution in [3.8, 4) is 17.1 Å². The minimum Gasteiger partial charge on any atom is -0.493 e. The summed E-state index contributed by atoms with van der Waals surface area (Å²) in [7, 11) is -1.77. The molecule has 0 amide bonds. The number of ether oxygens (including phenoxy) is 1. The molecule has 11 nitrogen and oxygen atoms in total. The molecular formula is C27H33N7O4S. The van der Waals surface area contributed by atoms with Gasteiger partial charge in [0.2, 0.25) is 10.0 Å². The molecule has 0 bridgehead atoms. The van der Waals surface area contributed by atoms with Gasteiger partial charge in [0.25, 0.3) is 5.56 Å². The van der Waals surface area contributed by atoms with Crippen molar-refractivity contribution in [1.29, 1.82) is 0 Å². The predicted molar refractivity (Wildman–Crippen MR) is 148 cm³/mol. The second kappa shape index (κ2) is 11.2. The Balaban J connectivity index is 1.61. The number of aryl methyl sites for hydroxylation is 1. The molecule has 5 rings (SSSR count). The lowest BCUT2D eigenvalue weighted by molar-refractivity contribution is 0.222. The topological polar surface area (TPSA) is 126 Å². The van der Waals surface area contributed by atoms with Gasteiger partial charge in [-0.3, -0.25) is 14.5 Å². The standard InChI is InChI=1S/C27H33N7O4S/c1-4-16-38-23-10-9-20(39(36,37)33-14-12-32(3)13-15-33)17-21(23)26-29-24-22(5-2)34(31-25(24)27(35)30-26)18-19-8-6-7-11-28-19/h6-11,17H,4-5,12-16,18H2,1-3H3,(H,29,30,35). The number of hydrogen-bond acceptors (Lipinski definition) is 8. The molecule has 0 unspecified atom stereocenters. The minimum atomic E-state index is -3.74. The van der Waals surface area contributed by atoms with E-state index in [1.165, 1.54) is 4.31 Å². The van der Waals surface area contributed by atoms with Crippen molar-refractivity contribution in [2.45, 2.75) is 38.1 Å². The van der Waals surface area contributed by atoms with Gasteiger partial charge in [0.15, 0.2) is 5.52 Å². The average Bonchev–Trinajstić information content (AvgIpc) is 3.30. The van der Waals surface area contributed by atoms with Crippen LogP contribution in [0.3, 0.4) is 0 Å². The van der Waals surface area contributed by atoms with E-state index in [1.54, 1.807) is 29.1 Å². The fourth-order valence-electron chi connectivity index (χ4n) is 4.69. The molecule has 39 heavy (non-hydrogen) atoms. The monoisotopic (exact) mass is 551 g/mol. The third-order valence-corrected chi connectivity index (χ3v) is 8.74. The summed E-state index contributed by atoms with van der Waals surface area (Å²) in [5.74, 6) is 0.691. The number of nitrogens with one attached hydrogen (secondary N) is 1. The van der Waals surface area contributed by atoms with Crippen LogP contribution in [-0.2, 0) is 23.0 Å². The summed E-state index contributed by atoms with van der Waals surface area (Å²) in [5.41, 5.74) is 2.31. The first-order valence-electron chi connectivity index (χ1n) is 13.2. The molecular weight excluding hydrogens is 518 g/mol. The molecule has 1 saturated heterocycles. The molecule has 1 aliphatic heterocycles. The van der Waals surface area contributed by atoms with Crippen molar-refractivity contribution in [3.63, 3.8) is 0 Å². The van der Waals surface area contributed by atoms with Gasteiger partial charge in [-0.15, -0.1) is 0 Å². The summed E-state index contributed by atoms with van der Waals surface area (Å²) in [6.07, 6.45) is 3.08. The summed E-state index contributed by atoms with van der Waals surface area (Å²) in [6, 6.07) is 10.4. The van der Waals surface area contributed by atoms with Gasteiger partial charge in [-0.2, -0.15) is 9.40 Å². The number of benzene rings is 1. The molecule has 0 aliphatic carbocycles. The van der Waals surface area contributed by atoms with Gasteiger partial charge in [-0.1, -0.05) is 19.9 Å². The molecule has 3 aromatic heterocycles. The fraction of sp³-hybridized carbons (Fsp3) is 0.407. The lowest BCUT2D eigenvalue weighted by Crippen LogP contribution is -2.47. The molecule has 206 valence electrons. The number of piperazine rings is 1. The highest BCUT2D eigenvalue weighted by Gasteiger charge is 2.29. The van der Waals surface area contributed by atoms with Gasteiger partial charge in [-0.05, 0) is 50.2 Å². The van der Waals surface area contributed by atoms with Crippen molar-refractivity contribution in [1.82, 2.24) is 33.9 Å². The van der Waals surface area contributed by atoms with E-state index in [1.807, 2.05) is 39.1 Å². The smallest absolute Gasteiger partial charge is 0.279 e. The summed E-state index contributed by atoms with van der Waals surface area (Å²) in [6.45, 7) is 6.96. The van der Waals surface area contributed by atoms with Crippen molar-refractivity contribution >= 4 is 21.1 Å². The summed E-state index contributed by atoms with van der Waals surface area (Å²) in [4.78, 5) is 27.5. The van der Waals surface area contributed by atoms with E-state index in [2.05, 4.69) is 20.0 Å². The van der Waals surface area contributed by atoms with E-state index in [9.17, 15) is 13.2 Å². The van der Waals surface area contributed by atoms with Gasteiger partial charge in [0.05, 0.1) is 35.0 Å². The molecule has 1 fully saturated rings. The molecule has 1 aromatic carbocycles. The predicted octanol–water partition coefficient (Wildman–Crippen LogP) is 2.52. The number of aromatic nitrogens is 5. The van der Waals surface area contributed by atoms with E-state index in [0.29, 0.717) is 62.6 Å². The van der Waals surface area contributed by atoms with Crippen molar-refractivity contribution in [2.24, 2.45) is 0 Å². The molecule has 0 radical (unpaired) electrons. The number of rotatable bonds is 9. The van der Waals surface area contributed by atoms with Crippen LogP contribution in [-0.4, -0.2) is 82.2 Å². The number of aromatic amines is 1. The van der Waals surface area contributed by atoms with E-state index < -0.39 is 15.6 Å². The molecule has 0 spiro atoms. The second-order valence-corrected chi connectivity index (χ2v) is 11.5. The SMILES string of the molecule is CCCOc1ccc(S(=O)(=O)N2CCN(C)CC2)cc1-c1nc2c(CC)n(Cc3ccccn3)nc2c(=O)[nH]1. The molecule has 4 heterocycles. The van der Waals surface area contributed by atoms with Crippen LogP contribution in [0, 0.1) is 0 Å². The normalized spacial score (nSPS) is 15.2. The van der Waals surface area contributed by atoms with Crippen LogP contribution in [0.4, 0.5) is 0 Å². The van der Waals surface area contributed by atoms with Crippen LogP contribution in [0.1, 0.15) is 31.7 Å². The molecule has 1 N–H and O–H groups in total. The number of hydrogen-bond donors (Lipinski definition) is 1. The van der Waals surface area contributed by atoms with Crippen molar-refractivity contribution in [3.05, 3.63) is 64.3 Å². The fourth-order valence-corrected chi connectivity index (χ4v) is 6.14. The van der Waals surface area contributed by atoms with Crippen LogP contribution in [0.5, 0.6) is 5.75 Å². The molecule has 12 heteroatoms. The average molecular weight is 552 g/mol. The highest BCUT2D eigenvalue weighted by atomic mass is 32.2. The quantitative estimate of drug-likeness (QED) is 0.336. The Labute approximate surface area is 227 Å². The molecule has 0 saturated carbocycles. The number of sulfonamides is 1. The van der Waals surface area contributed by atoms with Gasteiger partial charge in [0, 0.05) is 32.4 Å². The van der Waals surface area contributed by atoms with E-state index in [0.717, 1.165) is 17.8 Å². The third-order valence-electron chi connectivity index (χ3n) is 6.84. The largest absolute Gasteiger partial charge is 0.493 e. The molecule has 1 aliphatic rings. The zero-order chi connectivity index (χ0) is 27.6. The maximum atomic E-state index is 13.5. The van der Waals surface area contributed by atoms with Crippen LogP contribution in [0.2, 0.25) is 0 Å². The van der Waals surface area contributed by atoms with Crippen LogP contribution in [0.25, 0.3) is 22.4 Å².